The van der Waals surface area contributed by atoms with E-state index in [9.17, 15) is 0 Å². The first-order valence-corrected chi connectivity index (χ1v) is 14.9. The fourth-order valence-electron chi connectivity index (χ4n) is 6.92. The third kappa shape index (κ3) is 5.22. The Kier molecular flexibility index (Phi) is 7.17. The van der Waals surface area contributed by atoms with Crippen LogP contribution in [0.15, 0.2) is 73.2 Å². The van der Waals surface area contributed by atoms with Crippen LogP contribution in [0.1, 0.15) is 56.4 Å². The maximum atomic E-state index is 5.14. The van der Waals surface area contributed by atoms with Crippen molar-refractivity contribution in [1.82, 2.24) is 29.3 Å². The van der Waals surface area contributed by atoms with Gasteiger partial charge in [0.15, 0.2) is 0 Å². The molecule has 3 heterocycles. The van der Waals surface area contributed by atoms with Gasteiger partial charge in [0.2, 0.25) is 6.29 Å². The van der Waals surface area contributed by atoms with Crippen LogP contribution in [0.4, 0.5) is 0 Å². The molecule has 6 aromatic rings. The molecule has 6 nitrogen and oxygen atoms in total. The first-order valence-electron chi connectivity index (χ1n) is 14.9. The van der Waals surface area contributed by atoms with E-state index in [-0.39, 0.29) is 0 Å². The van der Waals surface area contributed by atoms with Crippen molar-refractivity contribution in [2.45, 2.75) is 68.6 Å². The second kappa shape index (κ2) is 10.8. The van der Waals surface area contributed by atoms with Crippen molar-refractivity contribution in [3.05, 3.63) is 123 Å². The SMILES string of the molecule is Cc1cc(C)c(-c2ccn(C(n3ccc(-c4c(C)cc(C)cc4C)n3)n3ccc(-c4c(C)cc(C)cc4C)n3)n2)c(C)c1. The van der Waals surface area contributed by atoms with Crippen molar-refractivity contribution in [3.63, 3.8) is 0 Å². The first kappa shape index (κ1) is 28.4. The highest BCUT2D eigenvalue weighted by Gasteiger charge is 2.23. The molecule has 0 saturated carbocycles. The third-order valence-electron chi connectivity index (χ3n) is 8.33. The van der Waals surface area contributed by atoms with Crippen molar-refractivity contribution >= 4 is 0 Å². The summed E-state index contributed by atoms with van der Waals surface area (Å²) in [6.45, 7) is 19.4. The molecule has 3 aromatic heterocycles. The second-order valence-electron chi connectivity index (χ2n) is 12.2. The summed E-state index contributed by atoms with van der Waals surface area (Å²) in [4.78, 5) is 0. The Morgan fingerprint density at radius 1 is 0.395 bits per heavy atom. The van der Waals surface area contributed by atoms with Gasteiger partial charge in [-0.3, -0.25) is 0 Å². The van der Waals surface area contributed by atoms with Crippen LogP contribution in [0.5, 0.6) is 0 Å². The predicted molar refractivity (Wildman–Crippen MR) is 175 cm³/mol. The molecule has 0 aliphatic rings. The molecule has 0 unspecified atom stereocenters. The van der Waals surface area contributed by atoms with Crippen molar-refractivity contribution in [3.8, 4) is 33.8 Å². The summed E-state index contributed by atoms with van der Waals surface area (Å²) in [6, 6.07) is 19.6. The van der Waals surface area contributed by atoms with Crippen molar-refractivity contribution < 1.29 is 0 Å². The number of benzene rings is 3. The zero-order valence-corrected chi connectivity index (χ0v) is 26.7. The van der Waals surface area contributed by atoms with Gasteiger partial charge in [0, 0.05) is 35.3 Å². The van der Waals surface area contributed by atoms with Gasteiger partial charge in [-0.15, -0.1) is 0 Å². The monoisotopic (exact) mass is 568 g/mol. The molecule has 0 atom stereocenters. The highest BCUT2D eigenvalue weighted by molar-refractivity contribution is 5.69. The van der Waals surface area contributed by atoms with E-state index in [0.29, 0.717) is 0 Å². The zero-order valence-electron chi connectivity index (χ0n) is 26.7. The Morgan fingerprint density at radius 2 is 0.628 bits per heavy atom. The van der Waals surface area contributed by atoms with E-state index in [1.54, 1.807) is 0 Å². The Balaban J connectivity index is 1.49. The van der Waals surface area contributed by atoms with Crippen LogP contribution in [-0.2, 0) is 0 Å². The number of aryl methyl sites for hydroxylation is 9. The molecule has 0 radical (unpaired) electrons. The molecule has 6 heteroatoms. The van der Waals surface area contributed by atoms with Crippen molar-refractivity contribution in [2.75, 3.05) is 0 Å². The summed E-state index contributed by atoms with van der Waals surface area (Å²) in [5.41, 5.74) is 17.4. The van der Waals surface area contributed by atoms with Crippen molar-refractivity contribution in [1.29, 1.82) is 0 Å². The van der Waals surface area contributed by atoms with Crippen LogP contribution in [0, 0.1) is 62.3 Å². The topological polar surface area (TPSA) is 53.5 Å². The smallest absolute Gasteiger partial charge is 0.227 e. The number of aromatic nitrogens is 6. The van der Waals surface area contributed by atoms with Gasteiger partial charge in [-0.1, -0.05) is 53.1 Å². The fraction of sp³-hybridized carbons (Fsp3) is 0.270. The normalized spacial score (nSPS) is 11.6. The molecule has 0 bridgehead atoms. The van der Waals surface area contributed by atoms with E-state index in [2.05, 4.69) is 117 Å². The molecule has 0 spiro atoms. The van der Waals surface area contributed by atoms with Crippen LogP contribution in [0.3, 0.4) is 0 Å². The highest BCUT2D eigenvalue weighted by Crippen LogP contribution is 2.32. The maximum Gasteiger partial charge on any atom is 0.238 e. The Hall–Kier alpha value is -4.71. The molecule has 0 N–H and O–H groups in total. The van der Waals surface area contributed by atoms with Gasteiger partial charge in [-0.25, -0.2) is 14.0 Å². The summed E-state index contributed by atoms with van der Waals surface area (Å²) in [5.74, 6) is 0. The number of hydrogen-bond donors (Lipinski definition) is 0. The average Bonchev–Trinajstić information content (AvgIpc) is 3.66. The minimum Gasteiger partial charge on any atom is -0.227 e. The van der Waals surface area contributed by atoms with E-state index >= 15 is 0 Å². The van der Waals surface area contributed by atoms with Gasteiger partial charge in [-0.2, -0.15) is 15.3 Å². The standard InChI is InChI=1S/C37H40N6/c1-22-16-25(4)34(26(5)17-22)31-10-13-41(38-31)37(42-14-11-32(39-42)35-27(6)18-23(2)19-28(35)7)43-15-12-33(40-43)36-29(8)20-24(3)21-30(36)9/h10-21,37H,1-9H3. The maximum absolute atomic E-state index is 5.14. The third-order valence-corrected chi connectivity index (χ3v) is 8.33. The van der Waals surface area contributed by atoms with E-state index in [1.165, 1.54) is 66.8 Å². The lowest BCUT2D eigenvalue weighted by atomic mass is 9.98. The zero-order chi connectivity index (χ0) is 30.6. The highest BCUT2D eigenvalue weighted by atomic mass is 15.6. The molecule has 0 aliphatic carbocycles. The summed E-state index contributed by atoms with van der Waals surface area (Å²) in [7, 11) is 0. The van der Waals surface area contributed by atoms with E-state index in [4.69, 9.17) is 15.3 Å². The largest absolute Gasteiger partial charge is 0.238 e. The van der Waals surface area contributed by atoms with Crippen LogP contribution in [0.25, 0.3) is 33.8 Å². The molecule has 0 aliphatic heterocycles. The Bertz CT molecular complexity index is 1690. The number of hydrogen-bond acceptors (Lipinski definition) is 3. The van der Waals surface area contributed by atoms with Gasteiger partial charge >= 0.3 is 0 Å². The van der Waals surface area contributed by atoms with Crippen LogP contribution in [-0.4, -0.2) is 29.3 Å². The van der Waals surface area contributed by atoms with Crippen LogP contribution >= 0.6 is 0 Å². The van der Waals surface area contributed by atoms with E-state index in [1.807, 2.05) is 32.6 Å². The predicted octanol–water partition coefficient (Wildman–Crippen LogP) is 8.61. The average molecular weight is 569 g/mol. The minimum atomic E-state index is -0.431. The van der Waals surface area contributed by atoms with Crippen molar-refractivity contribution in [2.24, 2.45) is 0 Å². The molecule has 0 fully saturated rings. The first-order chi connectivity index (χ1) is 20.5. The lowest BCUT2D eigenvalue weighted by Gasteiger charge is -2.19. The van der Waals surface area contributed by atoms with Gasteiger partial charge in [-0.05, 0) is 114 Å². The summed E-state index contributed by atoms with van der Waals surface area (Å²) < 4.78 is 5.89. The van der Waals surface area contributed by atoms with Gasteiger partial charge in [0.1, 0.15) is 0 Å². The molecular formula is C37H40N6. The second-order valence-corrected chi connectivity index (χ2v) is 12.2. The Morgan fingerprint density at radius 3 is 0.860 bits per heavy atom. The molecule has 43 heavy (non-hydrogen) atoms. The quantitative estimate of drug-likeness (QED) is 0.202. The minimum absolute atomic E-state index is 0.431. The summed E-state index contributed by atoms with van der Waals surface area (Å²) in [5, 5.41) is 15.4. The fourth-order valence-corrected chi connectivity index (χ4v) is 6.92. The molecular weight excluding hydrogens is 528 g/mol. The number of nitrogens with zero attached hydrogens (tertiary/aromatic N) is 6. The van der Waals surface area contributed by atoms with E-state index < -0.39 is 6.29 Å². The molecule has 218 valence electrons. The van der Waals surface area contributed by atoms with Gasteiger partial charge in [0.25, 0.3) is 0 Å². The summed E-state index contributed by atoms with van der Waals surface area (Å²) >= 11 is 0. The molecule has 6 rings (SSSR count). The lowest BCUT2D eigenvalue weighted by Crippen LogP contribution is -2.27. The lowest BCUT2D eigenvalue weighted by molar-refractivity contribution is 0.286. The van der Waals surface area contributed by atoms with Crippen LogP contribution in [0.2, 0.25) is 0 Å². The van der Waals surface area contributed by atoms with Gasteiger partial charge < -0.3 is 0 Å². The van der Waals surface area contributed by atoms with Crippen LogP contribution < -0.4 is 0 Å². The van der Waals surface area contributed by atoms with Gasteiger partial charge in [0.05, 0.1) is 17.1 Å². The molecule has 3 aromatic carbocycles. The molecule has 0 amide bonds. The Labute approximate surface area is 254 Å². The number of rotatable bonds is 6. The summed E-state index contributed by atoms with van der Waals surface area (Å²) in [6.07, 6.45) is 5.67. The molecule has 0 saturated heterocycles. The van der Waals surface area contributed by atoms with E-state index in [0.717, 1.165) is 17.1 Å².